The van der Waals surface area contributed by atoms with Crippen molar-refractivity contribution in [3.8, 4) is 0 Å². The molecule has 0 heterocycles. The highest BCUT2D eigenvalue weighted by atomic mass is 16.6. The van der Waals surface area contributed by atoms with Gasteiger partial charge in [0.2, 0.25) is 0 Å². The molecule has 2 fully saturated rings. The van der Waals surface area contributed by atoms with Gasteiger partial charge in [-0.15, -0.1) is 0 Å². The Balaban J connectivity index is 1.78. The molecule has 1 amide bonds. The second-order valence-electron chi connectivity index (χ2n) is 8.07. The van der Waals surface area contributed by atoms with E-state index in [-0.39, 0.29) is 6.09 Å². The van der Waals surface area contributed by atoms with Crippen molar-refractivity contribution in [1.29, 1.82) is 0 Å². The van der Waals surface area contributed by atoms with E-state index >= 15 is 0 Å². The van der Waals surface area contributed by atoms with Crippen LogP contribution in [0.5, 0.6) is 0 Å². The quantitative estimate of drug-likeness (QED) is 0.814. The molecule has 0 aromatic carbocycles. The second kappa shape index (κ2) is 8.34. The molecule has 0 bridgehead atoms. The zero-order valence-corrected chi connectivity index (χ0v) is 15.2. The van der Waals surface area contributed by atoms with Crippen LogP contribution in [0.15, 0.2) is 0 Å². The van der Waals surface area contributed by atoms with Crippen molar-refractivity contribution in [3.63, 3.8) is 0 Å². The number of carbonyl (C=O) groups excluding carboxylic acids is 1. The third-order valence-corrected chi connectivity index (χ3v) is 4.98. The highest BCUT2D eigenvalue weighted by Crippen LogP contribution is 2.28. The van der Waals surface area contributed by atoms with E-state index in [0.29, 0.717) is 30.7 Å². The van der Waals surface area contributed by atoms with Crippen molar-refractivity contribution in [3.05, 3.63) is 0 Å². The summed E-state index contributed by atoms with van der Waals surface area (Å²) in [5.74, 6) is 0.498. The minimum Gasteiger partial charge on any atom is -0.444 e. The summed E-state index contributed by atoms with van der Waals surface area (Å²) in [6.07, 6.45) is 8.48. The van der Waals surface area contributed by atoms with E-state index in [0.717, 1.165) is 12.8 Å². The van der Waals surface area contributed by atoms with Gasteiger partial charge >= 0.3 is 6.09 Å². The van der Waals surface area contributed by atoms with Crippen LogP contribution >= 0.6 is 0 Å². The summed E-state index contributed by atoms with van der Waals surface area (Å²) < 4.78 is 10.8. The highest BCUT2D eigenvalue weighted by molar-refractivity contribution is 5.67. The molecule has 0 aromatic rings. The molecule has 2 saturated carbocycles. The van der Waals surface area contributed by atoms with Gasteiger partial charge in [-0.25, -0.2) is 4.79 Å². The molecule has 5 nitrogen and oxygen atoms in total. The Morgan fingerprint density at radius 1 is 1.13 bits per heavy atom. The Kier molecular flexibility index (Phi) is 6.72. The van der Waals surface area contributed by atoms with Gasteiger partial charge in [-0.3, -0.25) is 0 Å². The van der Waals surface area contributed by atoms with Gasteiger partial charge in [0.1, 0.15) is 5.60 Å². The van der Waals surface area contributed by atoms with Crippen LogP contribution in [-0.4, -0.2) is 43.5 Å². The fraction of sp³-hybridized carbons (Fsp3) is 0.944. The van der Waals surface area contributed by atoms with Crippen molar-refractivity contribution in [2.45, 2.75) is 89.5 Å². The van der Waals surface area contributed by atoms with Gasteiger partial charge in [-0.2, -0.15) is 0 Å². The van der Waals surface area contributed by atoms with Gasteiger partial charge in [0.05, 0.1) is 6.10 Å². The lowest BCUT2D eigenvalue weighted by Crippen LogP contribution is -2.48. The Hall–Kier alpha value is -0.810. The van der Waals surface area contributed by atoms with Crippen molar-refractivity contribution in [2.75, 3.05) is 13.7 Å². The molecular weight excluding hydrogens is 292 g/mol. The minimum absolute atomic E-state index is 0.304. The summed E-state index contributed by atoms with van der Waals surface area (Å²) in [6, 6.07) is 1.06. The van der Waals surface area contributed by atoms with Gasteiger partial charge < -0.3 is 20.1 Å². The number of alkyl carbamates (subject to hydrolysis) is 1. The SMILES string of the molecule is COC1CCC(NC2CCCCC2CNC(=O)OC(C)(C)C)C1. The standard InChI is InChI=1S/C18H34N2O3/c1-18(2,3)23-17(21)19-12-13-7-5-6-8-16(13)20-14-9-10-15(11-14)22-4/h13-16,20H,5-12H2,1-4H3,(H,19,21). The molecule has 4 atom stereocenters. The summed E-state index contributed by atoms with van der Waals surface area (Å²) in [5.41, 5.74) is -0.437. The van der Waals surface area contributed by atoms with E-state index in [4.69, 9.17) is 9.47 Å². The van der Waals surface area contributed by atoms with Crippen LogP contribution in [0, 0.1) is 5.92 Å². The molecule has 0 radical (unpaired) electrons. The second-order valence-corrected chi connectivity index (χ2v) is 8.07. The van der Waals surface area contributed by atoms with E-state index in [2.05, 4.69) is 10.6 Å². The summed E-state index contributed by atoms with van der Waals surface area (Å²) in [6.45, 7) is 6.38. The van der Waals surface area contributed by atoms with Crippen molar-refractivity contribution in [1.82, 2.24) is 10.6 Å². The first-order chi connectivity index (χ1) is 10.9. The molecule has 0 aliphatic heterocycles. The molecule has 2 aliphatic carbocycles. The summed E-state index contributed by atoms with van der Waals surface area (Å²) in [7, 11) is 1.81. The zero-order valence-electron chi connectivity index (χ0n) is 15.2. The van der Waals surface area contributed by atoms with Gasteiger partial charge in [0.25, 0.3) is 0 Å². The summed E-state index contributed by atoms with van der Waals surface area (Å²) >= 11 is 0. The van der Waals surface area contributed by atoms with E-state index in [1.807, 2.05) is 20.8 Å². The molecule has 23 heavy (non-hydrogen) atoms. The normalized spacial score (nSPS) is 31.8. The first-order valence-electron chi connectivity index (χ1n) is 9.13. The maximum atomic E-state index is 11.9. The average Bonchev–Trinajstić information content (AvgIpc) is 2.92. The number of carbonyl (C=O) groups is 1. The first-order valence-corrected chi connectivity index (χ1v) is 9.13. The molecule has 5 heteroatoms. The Labute approximate surface area is 140 Å². The van der Waals surface area contributed by atoms with E-state index in [1.54, 1.807) is 7.11 Å². The molecule has 0 saturated heterocycles. The van der Waals surface area contributed by atoms with Crippen LogP contribution in [0.4, 0.5) is 4.79 Å². The predicted octanol–water partition coefficient (Wildman–Crippen LogP) is 3.23. The van der Waals surface area contributed by atoms with Crippen LogP contribution in [0.25, 0.3) is 0 Å². The summed E-state index contributed by atoms with van der Waals surface area (Å²) in [5, 5.41) is 6.79. The molecular formula is C18H34N2O3. The number of hydrogen-bond acceptors (Lipinski definition) is 4. The average molecular weight is 326 g/mol. The molecule has 2 rings (SSSR count). The third-order valence-electron chi connectivity index (χ3n) is 4.98. The zero-order chi connectivity index (χ0) is 16.9. The number of nitrogens with one attached hydrogen (secondary N) is 2. The molecule has 134 valence electrons. The lowest BCUT2D eigenvalue weighted by Gasteiger charge is -2.34. The monoisotopic (exact) mass is 326 g/mol. The van der Waals surface area contributed by atoms with Crippen LogP contribution in [0.2, 0.25) is 0 Å². The first kappa shape index (κ1) is 18.5. The Morgan fingerprint density at radius 3 is 2.52 bits per heavy atom. The van der Waals surface area contributed by atoms with Crippen LogP contribution in [0.1, 0.15) is 65.7 Å². The van der Waals surface area contributed by atoms with E-state index in [1.165, 1.54) is 32.1 Å². The minimum atomic E-state index is -0.437. The van der Waals surface area contributed by atoms with Gasteiger partial charge in [0.15, 0.2) is 0 Å². The Morgan fingerprint density at radius 2 is 1.87 bits per heavy atom. The number of hydrogen-bond donors (Lipinski definition) is 2. The van der Waals surface area contributed by atoms with Crippen molar-refractivity contribution >= 4 is 6.09 Å². The molecule has 0 spiro atoms. The fourth-order valence-electron chi connectivity index (χ4n) is 3.81. The molecule has 2 aliphatic rings. The van der Waals surface area contributed by atoms with Crippen molar-refractivity contribution in [2.24, 2.45) is 5.92 Å². The third kappa shape index (κ3) is 6.30. The number of methoxy groups -OCH3 is 1. The van der Waals surface area contributed by atoms with Gasteiger partial charge in [-0.1, -0.05) is 12.8 Å². The smallest absolute Gasteiger partial charge is 0.407 e. The topological polar surface area (TPSA) is 59.6 Å². The summed E-state index contributed by atoms with van der Waals surface area (Å²) in [4.78, 5) is 11.9. The number of rotatable bonds is 5. The van der Waals surface area contributed by atoms with Crippen LogP contribution in [0.3, 0.4) is 0 Å². The highest BCUT2D eigenvalue weighted by Gasteiger charge is 2.31. The number of ether oxygens (including phenoxy) is 2. The van der Waals surface area contributed by atoms with Crippen LogP contribution < -0.4 is 10.6 Å². The maximum absolute atomic E-state index is 11.9. The lowest BCUT2D eigenvalue weighted by atomic mass is 9.84. The van der Waals surface area contributed by atoms with Crippen molar-refractivity contribution < 1.29 is 14.3 Å². The largest absolute Gasteiger partial charge is 0.444 e. The molecule has 4 unspecified atom stereocenters. The van der Waals surface area contributed by atoms with E-state index < -0.39 is 5.60 Å². The number of amides is 1. The fourth-order valence-corrected chi connectivity index (χ4v) is 3.81. The maximum Gasteiger partial charge on any atom is 0.407 e. The predicted molar refractivity (Wildman–Crippen MR) is 91.6 cm³/mol. The molecule has 0 aromatic heterocycles. The molecule has 2 N–H and O–H groups in total. The lowest BCUT2D eigenvalue weighted by molar-refractivity contribution is 0.0509. The van der Waals surface area contributed by atoms with Gasteiger partial charge in [0, 0.05) is 25.7 Å². The Bertz CT molecular complexity index is 381. The van der Waals surface area contributed by atoms with Gasteiger partial charge in [-0.05, 0) is 58.8 Å². The van der Waals surface area contributed by atoms with Crippen LogP contribution in [-0.2, 0) is 9.47 Å². The van der Waals surface area contributed by atoms with E-state index in [9.17, 15) is 4.79 Å².